The summed E-state index contributed by atoms with van der Waals surface area (Å²) in [6.07, 6.45) is 3.74. The second-order valence-corrected chi connectivity index (χ2v) is 9.05. The molecule has 184 valence electrons. The Hall–Kier alpha value is -3.75. The molecule has 2 atom stereocenters. The van der Waals surface area contributed by atoms with Crippen LogP contribution in [0, 0.1) is 11.3 Å². The Labute approximate surface area is 202 Å². The number of aromatic nitrogens is 2. The average Bonchev–Trinajstić information content (AvgIpc) is 3.23. The third-order valence-electron chi connectivity index (χ3n) is 6.24. The van der Waals surface area contributed by atoms with Crippen molar-refractivity contribution in [2.75, 3.05) is 12.3 Å². The molecule has 2 amide bonds. The number of benzene rings is 1. The zero-order chi connectivity index (χ0) is 25.0. The van der Waals surface area contributed by atoms with Crippen LogP contribution in [-0.2, 0) is 9.63 Å². The number of ether oxygens (including phenoxy) is 1. The summed E-state index contributed by atoms with van der Waals surface area (Å²) in [5.41, 5.74) is 8.41. The largest absolute Gasteiger partial charge is 0.474 e. The number of nitriles is 1. The normalized spacial score (nSPS) is 20.4. The van der Waals surface area contributed by atoms with E-state index in [-0.39, 0.29) is 47.7 Å². The first-order valence-corrected chi connectivity index (χ1v) is 11.5. The fourth-order valence-corrected chi connectivity index (χ4v) is 4.25. The molecule has 1 aromatic heterocycles. The molecule has 11 nitrogen and oxygen atoms in total. The molecule has 0 spiro atoms. The van der Waals surface area contributed by atoms with Gasteiger partial charge in [0.05, 0.1) is 17.2 Å². The molecule has 35 heavy (non-hydrogen) atoms. The fourth-order valence-electron chi connectivity index (χ4n) is 4.25. The van der Waals surface area contributed by atoms with E-state index in [1.54, 1.807) is 24.3 Å². The van der Waals surface area contributed by atoms with E-state index in [2.05, 4.69) is 26.8 Å². The molecule has 5 N–H and O–H groups in total. The van der Waals surface area contributed by atoms with Gasteiger partial charge in [-0.15, -0.1) is 0 Å². The number of carbonyl (C=O) groups excluding carboxylic acids is 2. The number of hydrogen-bond acceptors (Lipinski definition) is 9. The van der Waals surface area contributed by atoms with Crippen LogP contribution in [0.2, 0.25) is 0 Å². The smallest absolute Gasteiger partial charge is 0.284 e. The summed E-state index contributed by atoms with van der Waals surface area (Å²) in [4.78, 5) is 38.3. The topological polar surface area (TPSA) is 172 Å². The second kappa shape index (κ2) is 10.2. The molecule has 2 fully saturated rings. The van der Waals surface area contributed by atoms with E-state index in [0.717, 1.165) is 12.8 Å². The van der Waals surface area contributed by atoms with Gasteiger partial charge in [-0.3, -0.25) is 14.4 Å². The summed E-state index contributed by atoms with van der Waals surface area (Å²) in [6.45, 7) is 1.42. The van der Waals surface area contributed by atoms with Gasteiger partial charge in [0, 0.05) is 24.9 Å². The Kier molecular flexibility index (Phi) is 7.14. The first-order chi connectivity index (χ1) is 16.8. The van der Waals surface area contributed by atoms with Crippen molar-refractivity contribution in [3.05, 3.63) is 35.4 Å². The number of hydrogen-bond donors (Lipinski definition) is 4. The average molecular weight is 481 g/mol. The van der Waals surface area contributed by atoms with Gasteiger partial charge in [0.1, 0.15) is 24.1 Å². The van der Waals surface area contributed by atoms with E-state index in [0.29, 0.717) is 36.8 Å². The predicted octanol–water partition coefficient (Wildman–Crippen LogP) is 1.61. The Morgan fingerprint density at radius 2 is 2.11 bits per heavy atom. The highest BCUT2D eigenvalue weighted by molar-refractivity contribution is 6.00. The summed E-state index contributed by atoms with van der Waals surface area (Å²) in [5.74, 6) is -0.757. The van der Waals surface area contributed by atoms with E-state index in [4.69, 9.17) is 15.3 Å². The first kappa shape index (κ1) is 24.4. The zero-order valence-corrected chi connectivity index (χ0v) is 19.4. The van der Waals surface area contributed by atoms with Crippen LogP contribution >= 0.6 is 0 Å². The van der Waals surface area contributed by atoms with E-state index in [1.165, 1.54) is 6.92 Å². The predicted molar refractivity (Wildman–Crippen MR) is 125 cm³/mol. The highest BCUT2D eigenvalue weighted by Gasteiger charge is 2.35. The number of anilines is 1. The molecule has 0 unspecified atom stereocenters. The van der Waals surface area contributed by atoms with Crippen molar-refractivity contribution in [1.29, 1.82) is 5.26 Å². The van der Waals surface area contributed by atoms with Crippen molar-refractivity contribution in [2.24, 2.45) is 0 Å². The van der Waals surface area contributed by atoms with Crippen molar-refractivity contribution in [3.8, 4) is 23.3 Å². The summed E-state index contributed by atoms with van der Waals surface area (Å²) in [6, 6.07) is 8.72. The molecule has 1 heterocycles. The van der Waals surface area contributed by atoms with Gasteiger partial charge in [-0.25, -0.2) is 10.5 Å². The SMILES string of the molecule is CC(=O)N[C@@H]1CC[C@@H](Oc2nc(-c3cccc(C#N)c3)nc(N)c2C(=O)NOCC2(O)CCC2)C1. The molecule has 0 radical (unpaired) electrons. The second-order valence-electron chi connectivity index (χ2n) is 9.05. The minimum atomic E-state index is -0.938. The maximum atomic E-state index is 13.0. The number of nitrogen functional groups attached to an aromatic ring is 1. The van der Waals surface area contributed by atoms with E-state index >= 15 is 0 Å². The molecule has 0 saturated heterocycles. The molecular formula is C24H28N6O5. The van der Waals surface area contributed by atoms with Crippen molar-refractivity contribution < 1.29 is 24.3 Å². The standard InChI is InChI=1S/C24H28N6O5/c1-14(31)27-17-6-7-18(11-17)35-23-19(22(32)30-34-13-24(33)8-3-9-24)20(26)28-21(29-23)16-5-2-4-15(10-16)12-25/h2,4-5,10,17-18,33H,3,6-9,11,13H2,1H3,(H,27,31)(H,30,32)(H2,26,28,29)/t17-,18-/m1/s1. The van der Waals surface area contributed by atoms with Gasteiger partial charge in [0.2, 0.25) is 11.8 Å². The number of aliphatic hydroxyl groups is 1. The van der Waals surface area contributed by atoms with Crippen LogP contribution in [-0.4, -0.2) is 51.2 Å². The Balaban J connectivity index is 1.59. The Bertz CT molecular complexity index is 1160. The summed E-state index contributed by atoms with van der Waals surface area (Å²) >= 11 is 0. The lowest BCUT2D eigenvalue weighted by molar-refractivity contribution is -0.119. The van der Waals surface area contributed by atoms with Crippen LogP contribution in [0.15, 0.2) is 24.3 Å². The number of nitrogens with two attached hydrogens (primary N) is 1. The third-order valence-corrected chi connectivity index (χ3v) is 6.24. The lowest BCUT2D eigenvalue weighted by atomic mass is 9.81. The highest BCUT2D eigenvalue weighted by Crippen LogP contribution is 2.32. The molecule has 0 bridgehead atoms. The molecular weight excluding hydrogens is 452 g/mol. The maximum absolute atomic E-state index is 13.0. The number of rotatable bonds is 8. The molecule has 2 aliphatic rings. The molecule has 0 aliphatic heterocycles. The molecule has 2 aliphatic carbocycles. The Morgan fingerprint density at radius 1 is 1.31 bits per heavy atom. The monoisotopic (exact) mass is 480 g/mol. The molecule has 4 rings (SSSR count). The Morgan fingerprint density at radius 3 is 2.80 bits per heavy atom. The molecule has 1 aromatic carbocycles. The molecule has 11 heteroatoms. The van der Waals surface area contributed by atoms with E-state index < -0.39 is 11.5 Å². The molecule has 2 saturated carbocycles. The summed E-state index contributed by atoms with van der Waals surface area (Å²) < 4.78 is 6.11. The van der Waals surface area contributed by atoms with Gasteiger partial charge in [0.15, 0.2) is 5.82 Å². The van der Waals surface area contributed by atoms with Crippen LogP contribution in [0.3, 0.4) is 0 Å². The van der Waals surface area contributed by atoms with Gasteiger partial charge in [-0.2, -0.15) is 10.2 Å². The van der Waals surface area contributed by atoms with Crippen LogP contribution in [0.5, 0.6) is 5.88 Å². The fraction of sp³-hybridized carbons (Fsp3) is 0.458. The van der Waals surface area contributed by atoms with Crippen molar-refractivity contribution in [1.82, 2.24) is 20.8 Å². The van der Waals surface area contributed by atoms with E-state index in [1.807, 2.05) is 0 Å². The summed E-state index contributed by atoms with van der Waals surface area (Å²) in [7, 11) is 0. The van der Waals surface area contributed by atoms with Gasteiger partial charge in [-0.05, 0) is 44.2 Å². The van der Waals surface area contributed by atoms with Crippen molar-refractivity contribution in [2.45, 2.75) is 63.2 Å². The minimum absolute atomic E-state index is 0.0215. The van der Waals surface area contributed by atoms with Gasteiger partial charge in [0.25, 0.3) is 5.91 Å². The van der Waals surface area contributed by atoms with Crippen molar-refractivity contribution in [3.63, 3.8) is 0 Å². The number of carbonyl (C=O) groups is 2. The number of nitrogens with zero attached hydrogens (tertiary/aromatic N) is 3. The van der Waals surface area contributed by atoms with Crippen LogP contribution < -0.4 is 21.3 Å². The first-order valence-electron chi connectivity index (χ1n) is 11.5. The quantitative estimate of drug-likeness (QED) is 0.409. The lowest BCUT2D eigenvalue weighted by Gasteiger charge is -2.35. The van der Waals surface area contributed by atoms with Gasteiger partial charge >= 0.3 is 0 Å². The zero-order valence-electron chi connectivity index (χ0n) is 19.4. The number of nitrogens with one attached hydrogen (secondary N) is 2. The van der Waals surface area contributed by atoms with Crippen LogP contribution in [0.1, 0.15) is 61.4 Å². The summed E-state index contributed by atoms with van der Waals surface area (Å²) in [5, 5.41) is 22.3. The maximum Gasteiger partial charge on any atom is 0.284 e. The minimum Gasteiger partial charge on any atom is -0.474 e. The van der Waals surface area contributed by atoms with Crippen LogP contribution in [0.25, 0.3) is 11.4 Å². The lowest BCUT2D eigenvalue weighted by Crippen LogP contribution is -2.44. The number of hydroxylamine groups is 1. The molecule has 2 aromatic rings. The van der Waals surface area contributed by atoms with Gasteiger partial charge in [-0.1, -0.05) is 12.1 Å². The number of amides is 2. The van der Waals surface area contributed by atoms with Crippen LogP contribution in [0.4, 0.5) is 5.82 Å². The third kappa shape index (κ3) is 5.85. The van der Waals surface area contributed by atoms with Gasteiger partial charge < -0.3 is 20.9 Å². The van der Waals surface area contributed by atoms with Crippen molar-refractivity contribution >= 4 is 17.6 Å². The highest BCUT2D eigenvalue weighted by atomic mass is 16.7. The van der Waals surface area contributed by atoms with E-state index in [9.17, 15) is 20.0 Å².